The third-order valence-corrected chi connectivity index (χ3v) is 6.58. The van der Waals surface area contributed by atoms with E-state index in [0.29, 0.717) is 25.3 Å². The SMILES string of the molecule is CN(C(=O)c1cccc(S(=O)(=O)NC[C@H]2CCOC2)c1)C1CCNCC1. The summed E-state index contributed by atoms with van der Waals surface area (Å²) in [5.74, 6) is 0.0683. The molecule has 3 rings (SSSR count). The predicted octanol–water partition coefficient (Wildman–Crippen LogP) is 0.825. The van der Waals surface area contributed by atoms with E-state index in [1.807, 2.05) is 0 Å². The van der Waals surface area contributed by atoms with Crippen LogP contribution in [-0.4, -0.2) is 65.2 Å². The van der Waals surface area contributed by atoms with Crippen molar-refractivity contribution in [2.75, 3.05) is 39.9 Å². The van der Waals surface area contributed by atoms with Gasteiger partial charge in [-0.2, -0.15) is 0 Å². The molecule has 0 saturated carbocycles. The quantitative estimate of drug-likeness (QED) is 0.762. The molecular formula is C18H27N3O4S. The fourth-order valence-electron chi connectivity index (χ4n) is 3.41. The van der Waals surface area contributed by atoms with Gasteiger partial charge in [-0.1, -0.05) is 6.07 Å². The number of sulfonamides is 1. The van der Waals surface area contributed by atoms with Crippen molar-refractivity contribution in [2.45, 2.75) is 30.2 Å². The molecule has 2 fully saturated rings. The number of hydrogen-bond acceptors (Lipinski definition) is 5. The van der Waals surface area contributed by atoms with E-state index in [-0.39, 0.29) is 22.8 Å². The van der Waals surface area contributed by atoms with Crippen molar-refractivity contribution in [3.05, 3.63) is 29.8 Å². The summed E-state index contributed by atoms with van der Waals surface area (Å²) >= 11 is 0. The molecule has 0 unspecified atom stereocenters. The van der Waals surface area contributed by atoms with Crippen molar-refractivity contribution in [3.63, 3.8) is 0 Å². The number of nitrogens with zero attached hydrogens (tertiary/aromatic N) is 1. The number of amides is 1. The Bertz CT molecular complexity index is 726. The summed E-state index contributed by atoms with van der Waals surface area (Å²) < 4.78 is 33.0. The van der Waals surface area contributed by atoms with E-state index in [0.717, 1.165) is 32.4 Å². The van der Waals surface area contributed by atoms with Crippen LogP contribution in [0.25, 0.3) is 0 Å². The Kier molecular flexibility index (Phi) is 6.29. The summed E-state index contributed by atoms with van der Waals surface area (Å²) in [7, 11) is -1.85. The Hall–Kier alpha value is -1.48. The van der Waals surface area contributed by atoms with E-state index in [2.05, 4.69) is 10.0 Å². The number of benzene rings is 1. The second kappa shape index (κ2) is 8.47. The number of carbonyl (C=O) groups excluding carboxylic acids is 1. The second-order valence-corrected chi connectivity index (χ2v) is 8.77. The lowest BCUT2D eigenvalue weighted by Gasteiger charge is -2.31. The first-order valence-corrected chi connectivity index (χ1v) is 10.6. The van der Waals surface area contributed by atoms with E-state index < -0.39 is 10.0 Å². The fourth-order valence-corrected chi connectivity index (χ4v) is 4.58. The smallest absolute Gasteiger partial charge is 0.253 e. The van der Waals surface area contributed by atoms with Gasteiger partial charge in [-0.05, 0) is 56.5 Å². The number of hydrogen-bond donors (Lipinski definition) is 2. The fraction of sp³-hybridized carbons (Fsp3) is 0.611. The largest absolute Gasteiger partial charge is 0.381 e. The summed E-state index contributed by atoms with van der Waals surface area (Å²) in [4.78, 5) is 14.6. The van der Waals surface area contributed by atoms with Crippen LogP contribution in [0.2, 0.25) is 0 Å². The molecule has 2 aliphatic heterocycles. The summed E-state index contributed by atoms with van der Waals surface area (Å²) in [6, 6.07) is 6.47. The molecule has 0 bridgehead atoms. The van der Waals surface area contributed by atoms with Crippen LogP contribution in [0.15, 0.2) is 29.2 Å². The Morgan fingerprint density at radius 2 is 2.08 bits per heavy atom. The summed E-state index contributed by atoms with van der Waals surface area (Å²) in [5.41, 5.74) is 0.401. The summed E-state index contributed by atoms with van der Waals surface area (Å²) in [6.45, 7) is 3.41. The summed E-state index contributed by atoms with van der Waals surface area (Å²) in [6.07, 6.45) is 2.68. The average Bonchev–Trinajstić information content (AvgIpc) is 3.20. The topological polar surface area (TPSA) is 87.7 Å². The van der Waals surface area contributed by atoms with Crippen molar-refractivity contribution in [2.24, 2.45) is 5.92 Å². The van der Waals surface area contributed by atoms with E-state index in [1.165, 1.54) is 12.1 Å². The maximum Gasteiger partial charge on any atom is 0.253 e. The van der Waals surface area contributed by atoms with Gasteiger partial charge in [0.15, 0.2) is 0 Å². The lowest BCUT2D eigenvalue weighted by atomic mass is 10.0. The minimum absolute atomic E-state index is 0.126. The molecule has 2 aliphatic rings. The molecule has 0 aromatic heterocycles. The molecule has 2 N–H and O–H groups in total. The number of piperidine rings is 1. The van der Waals surface area contributed by atoms with Gasteiger partial charge < -0.3 is 15.0 Å². The molecule has 7 nitrogen and oxygen atoms in total. The monoisotopic (exact) mass is 381 g/mol. The van der Waals surface area contributed by atoms with Crippen LogP contribution in [0.1, 0.15) is 29.6 Å². The molecule has 8 heteroatoms. The van der Waals surface area contributed by atoms with Gasteiger partial charge in [0.05, 0.1) is 11.5 Å². The lowest BCUT2D eigenvalue weighted by molar-refractivity contribution is 0.0703. The van der Waals surface area contributed by atoms with Crippen molar-refractivity contribution < 1.29 is 17.9 Å². The number of rotatable bonds is 6. The van der Waals surface area contributed by atoms with Gasteiger partial charge in [-0.15, -0.1) is 0 Å². The Labute approximate surface area is 155 Å². The van der Waals surface area contributed by atoms with E-state index in [9.17, 15) is 13.2 Å². The highest BCUT2D eigenvalue weighted by Gasteiger charge is 2.25. The van der Waals surface area contributed by atoms with E-state index >= 15 is 0 Å². The highest BCUT2D eigenvalue weighted by molar-refractivity contribution is 7.89. The van der Waals surface area contributed by atoms with Gasteiger partial charge >= 0.3 is 0 Å². The van der Waals surface area contributed by atoms with Crippen LogP contribution in [0.4, 0.5) is 0 Å². The normalized spacial score (nSPS) is 21.7. The number of ether oxygens (including phenoxy) is 1. The van der Waals surface area contributed by atoms with Crippen LogP contribution >= 0.6 is 0 Å². The van der Waals surface area contributed by atoms with Gasteiger partial charge in [0, 0.05) is 31.8 Å². The van der Waals surface area contributed by atoms with Gasteiger partial charge in [-0.25, -0.2) is 13.1 Å². The molecule has 1 amide bonds. The third-order valence-electron chi connectivity index (χ3n) is 5.15. The molecule has 2 saturated heterocycles. The molecule has 0 radical (unpaired) electrons. The highest BCUT2D eigenvalue weighted by Crippen LogP contribution is 2.18. The lowest BCUT2D eigenvalue weighted by Crippen LogP contribution is -2.44. The summed E-state index contributed by atoms with van der Waals surface area (Å²) in [5, 5.41) is 3.28. The van der Waals surface area contributed by atoms with Crippen molar-refractivity contribution in [3.8, 4) is 0 Å². The zero-order chi connectivity index (χ0) is 18.6. The van der Waals surface area contributed by atoms with Crippen LogP contribution in [-0.2, 0) is 14.8 Å². The molecule has 0 spiro atoms. The first-order valence-electron chi connectivity index (χ1n) is 9.13. The minimum atomic E-state index is -3.64. The van der Waals surface area contributed by atoms with E-state index in [1.54, 1.807) is 24.1 Å². The van der Waals surface area contributed by atoms with Crippen molar-refractivity contribution >= 4 is 15.9 Å². The van der Waals surface area contributed by atoms with Crippen LogP contribution in [0.3, 0.4) is 0 Å². The third kappa shape index (κ3) is 4.62. The molecule has 26 heavy (non-hydrogen) atoms. The Balaban J connectivity index is 1.69. The zero-order valence-corrected chi connectivity index (χ0v) is 15.9. The number of nitrogens with one attached hydrogen (secondary N) is 2. The average molecular weight is 381 g/mol. The maximum absolute atomic E-state index is 12.8. The second-order valence-electron chi connectivity index (χ2n) is 7.01. The van der Waals surface area contributed by atoms with Crippen molar-refractivity contribution in [1.82, 2.24) is 14.9 Å². The molecule has 0 aliphatic carbocycles. The van der Waals surface area contributed by atoms with Gasteiger partial charge in [-0.3, -0.25) is 4.79 Å². The van der Waals surface area contributed by atoms with E-state index in [4.69, 9.17) is 4.74 Å². The van der Waals surface area contributed by atoms with Crippen molar-refractivity contribution in [1.29, 1.82) is 0 Å². The first-order chi connectivity index (χ1) is 12.5. The predicted molar refractivity (Wildman–Crippen MR) is 98.5 cm³/mol. The molecule has 1 aromatic rings. The first kappa shape index (κ1) is 19.3. The molecule has 1 atom stereocenters. The molecule has 1 aromatic carbocycles. The maximum atomic E-state index is 12.8. The standard InChI is InChI=1S/C18H27N3O4S/c1-21(16-5-8-19-9-6-16)18(22)15-3-2-4-17(11-15)26(23,24)20-12-14-7-10-25-13-14/h2-4,11,14,16,19-20H,5-10,12-13H2,1H3/t14-/m1/s1. The van der Waals surface area contributed by atoms with Gasteiger partial charge in [0.25, 0.3) is 5.91 Å². The highest BCUT2D eigenvalue weighted by atomic mass is 32.2. The van der Waals surface area contributed by atoms with Gasteiger partial charge in [0.2, 0.25) is 10.0 Å². The Morgan fingerprint density at radius 1 is 1.31 bits per heavy atom. The molecule has 2 heterocycles. The van der Waals surface area contributed by atoms with Gasteiger partial charge in [0.1, 0.15) is 0 Å². The molecular weight excluding hydrogens is 354 g/mol. The van der Waals surface area contributed by atoms with Crippen LogP contribution in [0.5, 0.6) is 0 Å². The Morgan fingerprint density at radius 3 is 2.77 bits per heavy atom. The molecule has 144 valence electrons. The number of carbonyl (C=O) groups is 1. The van der Waals surface area contributed by atoms with Crippen LogP contribution < -0.4 is 10.0 Å². The zero-order valence-electron chi connectivity index (χ0n) is 15.1. The van der Waals surface area contributed by atoms with Crippen LogP contribution in [0, 0.1) is 5.92 Å². The minimum Gasteiger partial charge on any atom is -0.381 e.